The maximum absolute atomic E-state index is 13.9. The number of carbonyl (C=O) groups is 1. The molecule has 1 saturated carbocycles. The highest BCUT2D eigenvalue weighted by Gasteiger charge is 2.29. The van der Waals surface area contributed by atoms with E-state index in [2.05, 4.69) is 43.3 Å². The maximum atomic E-state index is 13.9. The van der Waals surface area contributed by atoms with Gasteiger partial charge in [-0.2, -0.15) is 15.2 Å². The van der Waals surface area contributed by atoms with Crippen LogP contribution in [-0.4, -0.2) is 74.6 Å². The molecular formula is C25H31N9O. The van der Waals surface area contributed by atoms with E-state index in [4.69, 9.17) is 0 Å². The van der Waals surface area contributed by atoms with Gasteiger partial charge in [-0.1, -0.05) is 25.3 Å². The Bertz CT molecular complexity index is 1250. The highest BCUT2D eigenvalue weighted by molar-refractivity contribution is 5.97. The molecule has 5 rings (SSSR count). The van der Waals surface area contributed by atoms with Crippen LogP contribution in [0, 0.1) is 11.3 Å². The number of carbonyl (C=O) groups excluding carboxylic acids is 1. The number of rotatable bonds is 5. The highest BCUT2D eigenvalue weighted by Crippen LogP contribution is 2.27. The van der Waals surface area contributed by atoms with Gasteiger partial charge in [-0.3, -0.25) is 10.2 Å². The van der Waals surface area contributed by atoms with Crippen molar-refractivity contribution in [3.05, 3.63) is 42.0 Å². The van der Waals surface area contributed by atoms with Crippen LogP contribution >= 0.6 is 0 Å². The zero-order valence-electron chi connectivity index (χ0n) is 20.3. The van der Waals surface area contributed by atoms with Crippen molar-refractivity contribution in [3.63, 3.8) is 0 Å². The summed E-state index contributed by atoms with van der Waals surface area (Å²) in [5.41, 5.74) is 6.04. The minimum absolute atomic E-state index is 0.0304. The van der Waals surface area contributed by atoms with Crippen molar-refractivity contribution >= 4 is 28.6 Å². The zero-order valence-corrected chi connectivity index (χ0v) is 20.3. The first kappa shape index (κ1) is 23.1. The van der Waals surface area contributed by atoms with E-state index in [1.807, 2.05) is 31.3 Å². The predicted octanol–water partition coefficient (Wildman–Crippen LogP) is 2.79. The topological polar surface area (TPSA) is 106 Å². The molecule has 1 aliphatic carbocycles. The molecular weight excluding hydrogens is 442 g/mol. The second-order valence-corrected chi connectivity index (χ2v) is 9.45. The summed E-state index contributed by atoms with van der Waals surface area (Å²) in [7, 11) is 3.95. The number of hydrazine groups is 1. The van der Waals surface area contributed by atoms with Gasteiger partial charge < -0.3 is 14.4 Å². The number of nitrogens with one attached hydrogen (secondary N) is 1. The Morgan fingerprint density at radius 1 is 1.11 bits per heavy atom. The molecule has 1 aliphatic heterocycles. The molecule has 2 fully saturated rings. The molecule has 0 unspecified atom stereocenters. The molecule has 3 aromatic rings. The van der Waals surface area contributed by atoms with E-state index in [1.54, 1.807) is 15.9 Å². The molecule has 10 heteroatoms. The number of nitrogens with zero attached hydrogens (tertiary/aromatic N) is 8. The molecule has 2 aliphatic rings. The van der Waals surface area contributed by atoms with Gasteiger partial charge in [-0.15, -0.1) is 0 Å². The molecule has 3 heterocycles. The second kappa shape index (κ2) is 9.88. The van der Waals surface area contributed by atoms with Crippen LogP contribution in [0.1, 0.15) is 48.3 Å². The summed E-state index contributed by atoms with van der Waals surface area (Å²) in [6.45, 7) is 3.88. The molecule has 10 nitrogen and oxygen atoms in total. The Kier molecular flexibility index (Phi) is 6.51. The number of nitriles is 1. The lowest BCUT2D eigenvalue weighted by Gasteiger charge is -2.36. The third-order valence-electron chi connectivity index (χ3n) is 7.01. The smallest absolute Gasteiger partial charge is 0.272 e. The first-order valence-corrected chi connectivity index (χ1v) is 12.3. The fourth-order valence-corrected chi connectivity index (χ4v) is 4.94. The van der Waals surface area contributed by atoms with Gasteiger partial charge in [0.25, 0.3) is 5.91 Å². The SMILES string of the molecule is CN1CCN(c2cccc(C(=O)N(Nc3nc(C#N)nc4c3ncn4C)C3CCCCC3)c2)CC1. The largest absolute Gasteiger partial charge is 0.369 e. The summed E-state index contributed by atoms with van der Waals surface area (Å²) in [4.78, 5) is 31.7. The van der Waals surface area contributed by atoms with Gasteiger partial charge in [0.15, 0.2) is 17.0 Å². The molecule has 1 amide bonds. The number of hydrogen-bond acceptors (Lipinski definition) is 8. The Hall–Kier alpha value is -3.71. The van der Waals surface area contributed by atoms with Gasteiger partial charge in [-0.05, 0) is 38.1 Å². The van der Waals surface area contributed by atoms with Crippen LogP contribution in [0.2, 0.25) is 0 Å². The summed E-state index contributed by atoms with van der Waals surface area (Å²) >= 11 is 0. The summed E-state index contributed by atoms with van der Waals surface area (Å²) in [6, 6.07) is 9.94. The zero-order chi connectivity index (χ0) is 24.4. The third kappa shape index (κ3) is 4.77. The number of aryl methyl sites for hydroxylation is 1. The van der Waals surface area contributed by atoms with Crippen molar-refractivity contribution < 1.29 is 4.79 Å². The molecule has 182 valence electrons. The standard InChI is InChI=1S/C25H31N9O/c1-31-11-13-33(14-12-31)20-10-6-7-18(15-20)25(35)34(19-8-4-3-5-9-19)30-23-22-24(32(2)17-27-22)29-21(16-26)28-23/h6-7,10,15,17,19H,3-5,8-9,11-14H2,1-2H3,(H,28,29,30). The van der Waals surface area contributed by atoms with Gasteiger partial charge >= 0.3 is 0 Å². The normalized spacial score (nSPS) is 17.3. The van der Waals surface area contributed by atoms with E-state index in [1.165, 1.54) is 6.42 Å². The van der Waals surface area contributed by atoms with Crippen molar-refractivity contribution in [3.8, 4) is 6.07 Å². The van der Waals surface area contributed by atoms with Crippen molar-refractivity contribution in [1.82, 2.24) is 29.4 Å². The van der Waals surface area contributed by atoms with Crippen molar-refractivity contribution in [1.29, 1.82) is 5.26 Å². The van der Waals surface area contributed by atoms with Gasteiger partial charge in [0.1, 0.15) is 6.07 Å². The minimum Gasteiger partial charge on any atom is -0.369 e. The number of fused-ring (bicyclic) bond motifs is 1. The summed E-state index contributed by atoms with van der Waals surface area (Å²) in [5, 5.41) is 11.2. The average Bonchev–Trinajstić information content (AvgIpc) is 3.28. The van der Waals surface area contributed by atoms with E-state index >= 15 is 0 Å². The number of benzene rings is 1. The first-order valence-electron chi connectivity index (χ1n) is 12.3. The third-order valence-corrected chi connectivity index (χ3v) is 7.01. The van der Waals surface area contributed by atoms with Crippen LogP contribution in [0.25, 0.3) is 11.2 Å². The molecule has 0 spiro atoms. The van der Waals surface area contributed by atoms with Crippen LogP contribution < -0.4 is 10.3 Å². The number of piperazine rings is 1. The van der Waals surface area contributed by atoms with E-state index in [-0.39, 0.29) is 17.8 Å². The Balaban J connectivity index is 1.48. The van der Waals surface area contributed by atoms with E-state index < -0.39 is 0 Å². The quantitative estimate of drug-likeness (QED) is 0.564. The van der Waals surface area contributed by atoms with Gasteiger partial charge in [0.05, 0.1) is 12.4 Å². The lowest BCUT2D eigenvalue weighted by Crippen LogP contribution is -2.46. The number of anilines is 2. The molecule has 1 aromatic carbocycles. The van der Waals surface area contributed by atoms with Crippen molar-refractivity contribution in [2.45, 2.75) is 38.1 Å². The fourth-order valence-electron chi connectivity index (χ4n) is 4.94. The highest BCUT2D eigenvalue weighted by atomic mass is 16.2. The Morgan fingerprint density at radius 2 is 1.89 bits per heavy atom. The summed E-state index contributed by atoms with van der Waals surface area (Å²) < 4.78 is 1.75. The minimum atomic E-state index is -0.103. The number of aromatic nitrogens is 4. The number of imidazole rings is 1. The average molecular weight is 474 g/mol. The van der Waals surface area contributed by atoms with E-state index in [0.29, 0.717) is 22.5 Å². The lowest BCUT2D eigenvalue weighted by molar-refractivity contribution is 0.0692. The van der Waals surface area contributed by atoms with Crippen LogP contribution in [-0.2, 0) is 7.05 Å². The van der Waals surface area contributed by atoms with Gasteiger partial charge in [0, 0.05) is 44.5 Å². The summed E-state index contributed by atoms with van der Waals surface area (Å²) in [6.07, 6.45) is 6.79. The second-order valence-electron chi connectivity index (χ2n) is 9.45. The van der Waals surface area contributed by atoms with Crippen molar-refractivity contribution in [2.24, 2.45) is 7.05 Å². The Labute approximate surface area is 205 Å². The maximum Gasteiger partial charge on any atom is 0.272 e. The van der Waals surface area contributed by atoms with Crippen LogP contribution in [0.3, 0.4) is 0 Å². The molecule has 2 aromatic heterocycles. The molecule has 0 atom stereocenters. The summed E-state index contributed by atoms with van der Waals surface area (Å²) in [5.74, 6) is 0.312. The number of hydrogen-bond donors (Lipinski definition) is 1. The predicted molar refractivity (Wildman–Crippen MR) is 134 cm³/mol. The van der Waals surface area contributed by atoms with Crippen LogP contribution in [0.5, 0.6) is 0 Å². The molecule has 1 N–H and O–H groups in total. The lowest BCUT2D eigenvalue weighted by atomic mass is 9.94. The first-order chi connectivity index (χ1) is 17.0. The van der Waals surface area contributed by atoms with Crippen LogP contribution in [0.4, 0.5) is 11.5 Å². The molecule has 0 radical (unpaired) electrons. The fraction of sp³-hybridized carbons (Fsp3) is 0.480. The van der Waals surface area contributed by atoms with Gasteiger partial charge in [0.2, 0.25) is 5.82 Å². The van der Waals surface area contributed by atoms with Crippen molar-refractivity contribution in [2.75, 3.05) is 43.6 Å². The number of amides is 1. The molecule has 35 heavy (non-hydrogen) atoms. The molecule has 1 saturated heterocycles. The van der Waals surface area contributed by atoms with E-state index in [9.17, 15) is 10.1 Å². The Morgan fingerprint density at radius 3 is 2.63 bits per heavy atom. The van der Waals surface area contributed by atoms with Crippen LogP contribution in [0.15, 0.2) is 30.6 Å². The number of likely N-dealkylation sites (N-methyl/N-ethyl adjacent to an activating group) is 1. The monoisotopic (exact) mass is 473 g/mol. The van der Waals surface area contributed by atoms with Gasteiger partial charge in [-0.25, -0.2) is 9.99 Å². The molecule has 0 bridgehead atoms. The van der Waals surface area contributed by atoms with E-state index in [0.717, 1.165) is 57.5 Å².